The molecule has 0 aliphatic rings. The van der Waals surface area contributed by atoms with Crippen LogP contribution in [0, 0.1) is 0 Å². The van der Waals surface area contributed by atoms with Crippen LogP contribution in [-0.2, 0) is 4.86 Å². The van der Waals surface area contributed by atoms with Gasteiger partial charge < -0.3 is 16.2 Å². The molecule has 0 bridgehead atoms. The smallest absolute Gasteiger partial charge is 0.400 e. The van der Waals surface area contributed by atoms with Crippen LogP contribution in [0.1, 0.15) is 0 Å². The average molecular weight is 96.9 g/mol. The van der Waals surface area contributed by atoms with Crippen molar-refractivity contribution in [1.29, 1.82) is 0 Å². The molecule has 0 saturated carbocycles. The zero-order valence-electron chi connectivity index (χ0n) is 2.97. The number of hydrogen-bond donors (Lipinski definition) is 3. The molecule has 6 heavy (non-hydrogen) atoms. The topological polar surface area (TPSA) is 84.7 Å². The third-order valence-electron chi connectivity index (χ3n) is 0.0797. The fourth-order valence-corrected chi connectivity index (χ4v) is 0. The van der Waals surface area contributed by atoms with Gasteiger partial charge in [-0.2, -0.15) is 4.86 Å². The molecule has 0 radical (unpaired) electrons. The Morgan fingerprint density at radius 1 is 1.50 bits per heavy atom. The van der Waals surface area contributed by atoms with Gasteiger partial charge in [0.25, 0.3) is 0 Å². The summed E-state index contributed by atoms with van der Waals surface area (Å²) in [5.74, 6) is 0. The maximum Gasteiger partial charge on any atom is 0.667 e. The van der Waals surface area contributed by atoms with Gasteiger partial charge in [-0.15, -0.1) is 0 Å². The monoisotopic (exact) mass is 97.0 g/mol. The highest BCUT2D eigenvalue weighted by Gasteiger charge is 2.05. The van der Waals surface area contributed by atoms with Crippen molar-refractivity contribution in [3.05, 3.63) is 0 Å². The Labute approximate surface area is 34.2 Å². The van der Waals surface area contributed by atoms with Gasteiger partial charge in [0.15, 0.2) is 0 Å². The first-order valence-electron chi connectivity index (χ1n) is 0.906. The van der Waals surface area contributed by atoms with Crippen molar-refractivity contribution in [2.24, 2.45) is 0 Å². The SMILES string of the molecule is N.OB(O)OF. The molecule has 0 atom stereocenters. The standard InChI is InChI=1S/BFH2O3.H3N/c2-5-1(3)4;/h3-4H;1H3. The Bertz CT molecular complexity index is 24.8. The quantitative estimate of drug-likeness (QED) is 0.367. The zero-order valence-corrected chi connectivity index (χ0v) is 2.97. The van der Waals surface area contributed by atoms with Gasteiger partial charge in [-0.05, 0) is 0 Å². The van der Waals surface area contributed by atoms with Crippen LogP contribution in [0.25, 0.3) is 0 Å². The van der Waals surface area contributed by atoms with Crippen molar-refractivity contribution in [2.45, 2.75) is 0 Å². The van der Waals surface area contributed by atoms with Crippen LogP contribution < -0.4 is 6.15 Å². The maximum absolute atomic E-state index is 10.1. The molecule has 4 nitrogen and oxygen atoms in total. The van der Waals surface area contributed by atoms with Crippen molar-refractivity contribution in [3.8, 4) is 0 Å². The predicted octanol–water partition coefficient (Wildman–Crippen LogP) is -0.981. The molecule has 0 aromatic heterocycles. The first kappa shape index (κ1) is 9.27. The number of halogens is 1. The molecule has 0 aliphatic carbocycles. The molecule has 6 heteroatoms. The van der Waals surface area contributed by atoms with E-state index in [1.807, 2.05) is 0 Å². The molecule has 0 aromatic carbocycles. The van der Waals surface area contributed by atoms with Crippen LogP contribution in [0.5, 0.6) is 0 Å². The molecule has 0 spiro atoms. The lowest BCUT2D eigenvalue weighted by Gasteiger charge is -1.78. The summed E-state index contributed by atoms with van der Waals surface area (Å²) in [6, 6.07) is 0. The number of rotatable bonds is 1. The molecular weight excluding hydrogens is 91.8 g/mol. The minimum Gasteiger partial charge on any atom is -0.400 e. The van der Waals surface area contributed by atoms with Crippen molar-refractivity contribution < 1.29 is 19.4 Å². The Hall–Kier alpha value is -0.165. The second-order valence-electron chi connectivity index (χ2n) is 0.415. The fourth-order valence-electron chi connectivity index (χ4n) is 0. The van der Waals surface area contributed by atoms with Gasteiger partial charge >= 0.3 is 7.32 Å². The summed E-state index contributed by atoms with van der Waals surface area (Å²) in [5, 5.41) is 14.6. The molecule has 0 amide bonds. The first-order valence-corrected chi connectivity index (χ1v) is 0.906. The molecule has 38 valence electrons. The van der Waals surface area contributed by atoms with Crippen LogP contribution in [0.3, 0.4) is 0 Å². The lowest BCUT2D eigenvalue weighted by molar-refractivity contribution is -0.0560. The second kappa shape index (κ2) is 4.83. The largest absolute Gasteiger partial charge is 0.667 e. The Kier molecular flexibility index (Phi) is 7.47. The van der Waals surface area contributed by atoms with Gasteiger partial charge in [0, 0.05) is 0 Å². The van der Waals surface area contributed by atoms with Crippen LogP contribution in [0.2, 0.25) is 0 Å². The van der Waals surface area contributed by atoms with Crippen LogP contribution in [-0.4, -0.2) is 17.4 Å². The van der Waals surface area contributed by atoms with E-state index in [1.165, 1.54) is 0 Å². The van der Waals surface area contributed by atoms with Crippen LogP contribution in [0.4, 0.5) is 4.53 Å². The van der Waals surface area contributed by atoms with E-state index in [4.69, 9.17) is 10.0 Å². The van der Waals surface area contributed by atoms with E-state index < -0.39 is 7.32 Å². The summed E-state index contributed by atoms with van der Waals surface area (Å²) < 4.78 is 10.1. The van der Waals surface area contributed by atoms with E-state index in [0.717, 1.165) is 0 Å². The van der Waals surface area contributed by atoms with E-state index in [0.29, 0.717) is 0 Å². The number of hydrogen-bond acceptors (Lipinski definition) is 4. The van der Waals surface area contributed by atoms with E-state index in [-0.39, 0.29) is 6.15 Å². The highest BCUT2D eigenvalue weighted by atomic mass is 19.3. The molecular formula is H5BFNO3. The molecule has 5 N–H and O–H groups in total. The fraction of sp³-hybridized carbons (Fsp3) is 0. The van der Waals surface area contributed by atoms with Gasteiger partial charge in [-0.1, -0.05) is 4.53 Å². The zero-order chi connectivity index (χ0) is 4.28. The highest BCUT2D eigenvalue weighted by Crippen LogP contribution is 1.68. The summed E-state index contributed by atoms with van der Waals surface area (Å²) in [6.07, 6.45) is 0. The van der Waals surface area contributed by atoms with E-state index in [1.54, 1.807) is 0 Å². The molecule has 0 rings (SSSR count). The van der Waals surface area contributed by atoms with Crippen molar-refractivity contribution in [1.82, 2.24) is 6.15 Å². The third-order valence-corrected chi connectivity index (χ3v) is 0.0797. The molecule has 0 heterocycles. The van der Waals surface area contributed by atoms with Gasteiger partial charge in [0.2, 0.25) is 0 Å². The second-order valence-corrected chi connectivity index (χ2v) is 0.415. The first-order chi connectivity index (χ1) is 2.27. The van der Waals surface area contributed by atoms with Crippen LogP contribution >= 0.6 is 0 Å². The molecule has 0 unspecified atom stereocenters. The normalized spacial score (nSPS) is 6.50. The van der Waals surface area contributed by atoms with E-state index in [2.05, 4.69) is 4.86 Å². The summed E-state index contributed by atoms with van der Waals surface area (Å²) in [7, 11) is -2.28. The van der Waals surface area contributed by atoms with Crippen molar-refractivity contribution in [2.75, 3.05) is 0 Å². The molecule has 0 aromatic rings. The van der Waals surface area contributed by atoms with Crippen molar-refractivity contribution in [3.63, 3.8) is 0 Å². The lowest BCUT2D eigenvalue weighted by atomic mass is 10.3. The highest BCUT2D eigenvalue weighted by molar-refractivity contribution is 6.32. The Morgan fingerprint density at radius 2 is 1.67 bits per heavy atom. The summed E-state index contributed by atoms with van der Waals surface area (Å²) in [6.45, 7) is 0. The van der Waals surface area contributed by atoms with Crippen molar-refractivity contribution >= 4 is 7.32 Å². The van der Waals surface area contributed by atoms with E-state index in [9.17, 15) is 4.53 Å². The van der Waals surface area contributed by atoms with Crippen LogP contribution in [0.15, 0.2) is 0 Å². The predicted molar refractivity (Wildman–Crippen MR) is 17.4 cm³/mol. The molecule has 0 saturated heterocycles. The molecule has 0 aliphatic heterocycles. The minimum absolute atomic E-state index is 0. The van der Waals surface area contributed by atoms with Gasteiger partial charge in [0.1, 0.15) is 0 Å². The van der Waals surface area contributed by atoms with Gasteiger partial charge in [-0.25, -0.2) is 0 Å². The van der Waals surface area contributed by atoms with Gasteiger partial charge in [-0.3, -0.25) is 0 Å². The Balaban J connectivity index is 0. The van der Waals surface area contributed by atoms with E-state index >= 15 is 0 Å². The molecule has 0 fully saturated rings. The summed E-state index contributed by atoms with van der Waals surface area (Å²) >= 11 is 0. The maximum atomic E-state index is 10.1. The third kappa shape index (κ3) is 9.15. The Morgan fingerprint density at radius 3 is 1.67 bits per heavy atom. The average Bonchev–Trinajstić information content (AvgIpc) is 1.38. The summed E-state index contributed by atoms with van der Waals surface area (Å²) in [4.78, 5) is 2.36. The summed E-state index contributed by atoms with van der Waals surface area (Å²) in [5.41, 5.74) is 0. The lowest BCUT2D eigenvalue weighted by Crippen LogP contribution is -2.10. The van der Waals surface area contributed by atoms with Gasteiger partial charge in [0.05, 0.1) is 0 Å². The minimum atomic E-state index is -2.28.